The summed E-state index contributed by atoms with van der Waals surface area (Å²) in [7, 11) is 0. The first kappa shape index (κ1) is 14.5. The third-order valence-electron chi connectivity index (χ3n) is 4.15. The van der Waals surface area contributed by atoms with Crippen LogP contribution in [0.15, 0.2) is 30.6 Å². The zero-order chi connectivity index (χ0) is 14.7. The van der Waals surface area contributed by atoms with E-state index in [9.17, 15) is 5.11 Å². The summed E-state index contributed by atoms with van der Waals surface area (Å²) in [6.07, 6.45) is 9.90. The van der Waals surface area contributed by atoms with Gasteiger partial charge in [0.15, 0.2) is 0 Å². The quantitative estimate of drug-likeness (QED) is 0.876. The van der Waals surface area contributed by atoms with Crippen LogP contribution in [-0.2, 0) is 6.42 Å². The Bertz CT molecular complexity index is 593. The van der Waals surface area contributed by atoms with Crippen LogP contribution >= 0.6 is 11.6 Å². The molecule has 0 radical (unpaired) electrons. The lowest BCUT2D eigenvalue weighted by atomic mass is 9.96. The van der Waals surface area contributed by atoms with Gasteiger partial charge < -0.3 is 5.11 Å². The summed E-state index contributed by atoms with van der Waals surface area (Å²) in [5.41, 5.74) is 1.70. The van der Waals surface area contributed by atoms with Crippen LogP contribution in [0.4, 0.5) is 0 Å². The number of aliphatic hydroxyl groups excluding tert-OH is 1. The highest BCUT2D eigenvalue weighted by molar-refractivity contribution is 6.29. The van der Waals surface area contributed by atoms with E-state index in [1.165, 1.54) is 32.1 Å². The van der Waals surface area contributed by atoms with Gasteiger partial charge in [0.2, 0.25) is 0 Å². The highest BCUT2D eigenvalue weighted by Gasteiger charge is 2.17. The smallest absolute Gasteiger partial charge is 0.129 e. The lowest BCUT2D eigenvalue weighted by Crippen LogP contribution is -2.13. The lowest BCUT2D eigenvalue weighted by Gasteiger charge is -2.21. The highest BCUT2D eigenvalue weighted by Crippen LogP contribution is 2.28. The molecule has 112 valence electrons. The Morgan fingerprint density at radius 1 is 1.29 bits per heavy atom. The maximum absolute atomic E-state index is 10.3. The minimum atomic E-state index is -0.597. The molecule has 2 aromatic rings. The zero-order valence-electron chi connectivity index (χ0n) is 12.0. The molecule has 5 heteroatoms. The first-order chi connectivity index (χ1) is 10.2. The van der Waals surface area contributed by atoms with Crippen LogP contribution in [0.25, 0.3) is 0 Å². The Kier molecular flexibility index (Phi) is 4.56. The summed E-state index contributed by atoms with van der Waals surface area (Å²) >= 11 is 5.86. The van der Waals surface area contributed by atoms with Gasteiger partial charge in [-0.3, -0.25) is 4.68 Å². The van der Waals surface area contributed by atoms with Crippen molar-refractivity contribution in [1.82, 2.24) is 14.8 Å². The van der Waals surface area contributed by atoms with Gasteiger partial charge in [0, 0.05) is 18.8 Å². The van der Waals surface area contributed by atoms with E-state index >= 15 is 0 Å². The van der Waals surface area contributed by atoms with Crippen molar-refractivity contribution in [3.63, 3.8) is 0 Å². The number of halogens is 1. The first-order valence-corrected chi connectivity index (χ1v) is 7.94. The summed E-state index contributed by atoms with van der Waals surface area (Å²) < 4.78 is 2.07. The molecule has 0 saturated heterocycles. The molecule has 1 unspecified atom stereocenters. The Balaban J connectivity index is 1.66. The minimum absolute atomic E-state index is 0.402. The molecule has 0 spiro atoms. The van der Waals surface area contributed by atoms with Gasteiger partial charge in [0.05, 0.1) is 17.8 Å². The van der Waals surface area contributed by atoms with Crippen molar-refractivity contribution in [3.8, 4) is 0 Å². The van der Waals surface area contributed by atoms with Crippen LogP contribution in [0.5, 0.6) is 0 Å². The molecule has 1 N–H and O–H groups in total. The van der Waals surface area contributed by atoms with Crippen LogP contribution in [0.2, 0.25) is 5.15 Å². The molecular weight excluding hydrogens is 286 g/mol. The summed E-state index contributed by atoms with van der Waals surface area (Å²) in [6, 6.07) is 6.01. The second-order valence-corrected chi connectivity index (χ2v) is 6.10. The molecule has 21 heavy (non-hydrogen) atoms. The molecule has 0 aliphatic heterocycles. The molecule has 1 aliphatic carbocycles. The van der Waals surface area contributed by atoms with Gasteiger partial charge in [-0.1, -0.05) is 30.9 Å². The van der Waals surface area contributed by atoms with Crippen molar-refractivity contribution in [3.05, 3.63) is 47.0 Å². The van der Waals surface area contributed by atoms with Crippen LogP contribution in [-0.4, -0.2) is 19.9 Å². The summed E-state index contributed by atoms with van der Waals surface area (Å²) in [5, 5.41) is 15.3. The Hall–Kier alpha value is -1.39. The van der Waals surface area contributed by atoms with E-state index in [-0.39, 0.29) is 0 Å². The topological polar surface area (TPSA) is 50.9 Å². The Morgan fingerprint density at radius 2 is 2.10 bits per heavy atom. The fraction of sp³-hybridized carbons (Fsp3) is 0.500. The maximum atomic E-state index is 10.3. The zero-order valence-corrected chi connectivity index (χ0v) is 12.7. The van der Waals surface area contributed by atoms with Crippen molar-refractivity contribution >= 4 is 11.6 Å². The van der Waals surface area contributed by atoms with Gasteiger partial charge in [-0.25, -0.2) is 4.98 Å². The minimum Gasteiger partial charge on any atom is -0.388 e. The van der Waals surface area contributed by atoms with Gasteiger partial charge in [-0.2, -0.15) is 5.10 Å². The van der Waals surface area contributed by atoms with E-state index in [1.54, 1.807) is 18.3 Å². The molecule has 1 aliphatic rings. The van der Waals surface area contributed by atoms with E-state index in [0.717, 1.165) is 11.3 Å². The van der Waals surface area contributed by atoms with Crippen molar-refractivity contribution in [2.45, 2.75) is 50.7 Å². The molecule has 0 bridgehead atoms. The van der Waals surface area contributed by atoms with E-state index in [2.05, 4.69) is 14.8 Å². The number of nitrogens with zero attached hydrogens (tertiary/aromatic N) is 3. The molecule has 1 saturated carbocycles. The van der Waals surface area contributed by atoms with Crippen LogP contribution < -0.4 is 0 Å². The number of aromatic nitrogens is 3. The molecule has 2 heterocycles. The number of hydrogen-bond acceptors (Lipinski definition) is 3. The van der Waals surface area contributed by atoms with Gasteiger partial charge in [-0.05, 0) is 36.6 Å². The molecule has 0 amide bonds. The fourth-order valence-corrected chi connectivity index (χ4v) is 3.16. The molecule has 2 aromatic heterocycles. The molecule has 4 nitrogen and oxygen atoms in total. The largest absolute Gasteiger partial charge is 0.388 e. The normalized spacial score (nSPS) is 17.8. The number of rotatable bonds is 4. The average Bonchev–Trinajstić information content (AvgIpc) is 2.97. The first-order valence-electron chi connectivity index (χ1n) is 7.56. The summed E-state index contributed by atoms with van der Waals surface area (Å²) in [6.45, 7) is 0. The van der Waals surface area contributed by atoms with Crippen molar-refractivity contribution < 1.29 is 5.11 Å². The summed E-state index contributed by atoms with van der Waals surface area (Å²) in [5.74, 6) is 0. The number of hydrogen-bond donors (Lipinski definition) is 1. The van der Waals surface area contributed by atoms with Crippen LogP contribution in [0, 0.1) is 0 Å². The second kappa shape index (κ2) is 6.58. The van der Waals surface area contributed by atoms with E-state index in [0.29, 0.717) is 17.6 Å². The van der Waals surface area contributed by atoms with Crippen molar-refractivity contribution in [2.24, 2.45) is 0 Å². The van der Waals surface area contributed by atoms with E-state index < -0.39 is 6.10 Å². The fourth-order valence-electron chi connectivity index (χ4n) is 2.98. The SMILES string of the molecule is OC(Cc1ccn(C2CCCCC2)n1)c1ccnc(Cl)c1. The highest BCUT2D eigenvalue weighted by atomic mass is 35.5. The molecule has 1 fully saturated rings. The number of aliphatic hydroxyl groups is 1. The van der Waals surface area contributed by atoms with Gasteiger partial charge in [-0.15, -0.1) is 0 Å². The predicted molar refractivity (Wildman–Crippen MR) is 82.3 cm³/mol. The van der Waals surface area contributed by atoms with Gasteiger partial charge in [0.1, 0.15) is 5.15 Å². The maximum Gasteiger partial charge on any atom is 0.129 e. The van der Waals surface area contributed by atoms with Crippen LogP contribution in [0.3, 0.4) is 0 Å². The van der Waals surface area contributed by atoms with Crippen LogP contribution in [0.1, 0.15) is 55.5 Å². The molecule has 3 rings (SSSR count). The molecule has 0 aromatic carbocycles. The third-order valence-corrected chi connectivity index (χ3v) is 4.36. The monoisotopic (exact) mass is 305 g/mol. The molecule has 1 atom stereocenters. The third kappa shape index (κ3) is 3.63. The number of pyridine rings is 1. The lowest BCUT2D eigenvalue weighted by molar-refractivity contribution is 0.176. The Labute approximate surface area is 129 Å². The predicted octanol–water partition coefficient (Wildman–Crippen LogP) is 3.71. The average molecular weight is 306 g/mol. The van der Waals surface area contributed by atoms with Gasteiger partial charge >= 0.3 is 0 Å². The standard InChI is InChI=1S/C16H20ClN3O/c17-16-10-12(6-8-18-16)15(21)11-13-7-9-20(19-13)14-4-2-1-3-5-14/h6-10,14-15,21H,1-5,11H2. The van der Waals surface area contributed by atoms with Crippen molar-refractivity contribution in [2.75, 3.05) is 0 Å². The van der Waals surface area contributed by atoms with Gasteiger partial charge in [0.25, 0.3) is 0 Å². The second-order valence-electron chi connectivity index (χ2n) is 5.71. The van der Waals surface area contributed by atoms with Crippen molar-refractivity contribution in [1.29, 1.82) is 0 Å². The summed E-state index contributed by atoms with van der Waals surface area (Å²) in [4.78, 5) is 3.93. The molecular formula is C16H20ClN3O. The van der Waals surface area contributed by atoms with E-state index in [1.807, 2.05) is 12.3 Å². The Morgan fingerprint density at radius 3 is 2.86 bits per heavy atom. The van der Waals surface area contributed by atoms with E-state index in [4.69, 9.17) is 11.6 Å².